The number of nitrogens with zero attached hydrogens (tertiary/aromatic N) is 2. The third kappa shape index (κ3) is 3.12. The molecule has 1 aliphatic heterocycles. The first kappa shape index (κ1) is 14.8. The van der Waals surface area contributed by atoms with Crippen LogP contribution in [-0.2, 0) is 0 Å². The van der Waals surface area contributed by atoms with Crippen molar-refractivity contribution in [2.24, 2.45) is 0 Å². The highest BCUT2D eigenvalue weighted by molar-refractivity contribution is 8.00. The average Bonchev–Trinajstić information content (AvgIpc) is 2.46. The van der Waals surface area contributed by atoms with Gasteiger partial charge in [-0.25, -0.2) is 0 Å². The lowest BCUT2D eigenvalue weighted by Crippen LogP contribution is -2.37. The summed E-state index contributed by atoms with van der Waals surface area (Å²) in [6.07, 6.45) is 1.10. The van der Waals surface area contributed by atoms with Crippen LogP contribution in [-0.4, -0.2) is 34.8 Å². The van der Waals surface area contributed by atoms with Crippen molar-refractivity contribution in [2.75, 3.05) is 23.7 Å². The van der Waals surface area contributed by atoms with Crippen LogP contribution in [0.25, 0.3) is 0 Å². The topological polar surface area (TPSA) is 63.4 Å². The lowest BCUT2D eigenvalue weighted by atomic mass is 10.1. The molecule has 1 saturated heterocycles. The van der Waals surface area contributed by atoms with Crippen molar-refractivity contribution in [3.05, 3.63) is 33.9 Å². The van der Waals surface area contributed by atoms with Gasteiger partial charge in [0.15, 0.2) is 5.78 Å². The first-order chi connectivity index (χ1) is 9.52. The fraction of sp³-hybridized carbons (Fsp3) is 0.500. The summed E-state index contributed by atoms with van der Waals surface area (Å²) in [6, 6.07) is 4.84. The van der Waals surface area contributed by atoms with Crippen LogP contribution in [0.5, 0.6) is 0 Å². The Morgan fingerprint density at radius 3 is 2.90 bits per heavy atom. The molecule has 1 aromatic carbocycles. The Morgan fingerprint density at radius 2 is 2.30 bits per heavy atom. The zero-order chi connectivity index (χ0) is 14.7. The first-order valence-corrected chi connectivity index (χ1v) is 7.73. The summed E-state index contributed by atoms with van der Waals surface area (Å²) >= 11 is 1.96. The molecule has 0 bridgehead atoms. The van der Waals surface area contributed by atoms with E-state index in [-0.39, 0.29) is 17.0 Å². The largest absolute Gasteiger partial charge is 0.370 e. The molecule has 1 aromatic rings. The maximum atomic E-state index is 11.6. The van der Waals surface area contributed by atoms with Gasteiger partial charge < -0.3 is 4.90 Å². The highest BCUT2D eigenvalue weighted by Crippen LogP contribution is 2.29. The molecule has 0 spiro atoms. The van der Waals surface area contributed by atoms with E-state index >= 15 is 0 Å². The van der Waals surface area contributed by atoms with Gasteiger partial charge in [0.2, 0.25) is 0 Å². The molecule has 1 unspecified atom stereocenters. The standard InChI is InChI=1S/C14H18N2O3S/c1-3-12-9-15(6-7-20-12)11-4-5-14(16(18)19)13(8-11)10(2)17/h4-5,8,12H,3,6-7,9H2,1-2H3. The minimum atomic E-state index is -0.499. The molecule has 0 aliphatic carbocycles. The monoisotopic (exact) mass is 294 g/mol. The van der Waals surface area contributed by atoms with Crippen LogP contribution < -0.4 is 4.90 Å². The summed E-state index contributed by atoms with van der Waals surface area (Å²) in [6.45, 7) is 5.37. The number of carbonyl (C=O) groups excluding carboxylic acids is 1. The van der Waals surface area contributed by atoms with Crippen molar-refractivity contribution in [3.8, 4) is 0 Å². The van der Waals surface area contributed by atoms with Crippen molar-refractivity contribution in [2.45, 2.75) is 25.5 Å². The minimum absolute atomic E-state index is 0.111. The van der Waals surface area contributed by atoms with E-state index in [9.17, 15) is 14.9 Å². The number of hydrogen-bond donors (Lipinski definition) is 0. The van der Waals surface area contributed by atoms with E-state index in [0.29, 0.717) is 5.25 Å². The Kier molecular flexibility index (Phi) is 4.65. The smallest absolute Gasteiger partial charge is 0.280 e. The first-order valence-electron chi connectivity index (χ1n) is 6.68. The number of rotatable bonds is 4. The normalized spacial score (nSPS) is 18.9. The van der Waals surface area contributed by atoms with Crippen LogP contribution in [0.4, 0.5) is 11.4 Å². The predicted octanol–water partition coefficient (Wildman–Crippen LogP) is 3.13. The van der Waals surface area contributed by atoms with Crippen LogP contribution >= 0.6 is 11.8 Å². The molecule has 1 atom stereocenters. The number of Topliss-reactive ketones (excluding diaryl/α,β-unsaturated/α-hetero) is 1. The number of nitro benzene ring substituents is 1. The molecule has 108 valence electrons. The molecule has 6 heteroatoms. The summed E-state index contributed by atoms with van der Waals surface area (Å²) in [5.41, 5.74) is 0.984. The van der Waals surface area contributed by atoms with Crippen LogP contribution in [0.3, 0.4) is 0 Å². The van der Waals surface area contributed by atoms with E-state index in [2.05, 4.69) is 11.8 Å². The van der Waals surface area contributed by atoms with Gasteiger partial charge in [0.1, 0.15) is 0 Å². The second kappa shape index (κ2) is 6.26. The number of thioether (sulfide) groups is 1. The van der Waals surface area contributed by atoms with E-state index in [4.69, 9.17) is 0 Å². The van der Waals surface area contributed by atoms with Crippen LogP contribution in [0.15, 0.2) is 18.2 Å². The minimum Gasteiger partial charge on any atom is -0.370 e. The Labute approximate surface area is 122 Å². The second-order valence-electron chi connectivity index (χ2n) is 4.86. The molecule has 2 rings (SSSR count). The van der Waals surface area contributed by atoms with Crippen molar-refractivity contribution in [1.82, 2.24) is 0 Å². The van der Waals surface area contributed by atoms with Gasteiger partial charge in [-0.2, -0.15) is 11.8 Å². The van der Waals surface area contributed by atoms with Gasteiger partial charge in [-0.05, 0) is 25.5 Å². The van der Waals surface area contributed by atoms with E-state index in [1.165, 1.54) is 13.0 Å². The van der Waals surface area contributed by atoms with Crippen molar-refractivity contribution < 1.29 is 9.72 Å². The van der Waals surface area contributed by atoms with Gasteiger partial charge in [0, 0.05) is 35.8 Å². The number of carbonyl (C=O) groups is 1. The van der Waals surface area contributed by atoms with Crippen LogP contribution in [0.1, 0.15) is 30.6 Å². The highest BCUT2D eigenvalue weighted by Gasteiger charge is 2.23. The third-order valence-electron chi connectivity index (χ3n) is 3.52. The fourth-order valence-corrected chi connectivity index (χ4v) is 3.54. The molecule has 0 amide bonds. The quantitative estimate of drug-likeness (QED) is 0.485. The average molecular weight is 294 g/mol. The van der Waals surface area contributed by atoms with Crippen molar-refractivity contribution >= 4 is 28.9 Å². The van der Waals surface area contributed by atoms with Crippen LogP contribution in [0, 0.1) is 10.1 Å². The summed E-state index contributed by atoms with van der Waals surface area (Å²) in [5, 5.41) is 11.5. The van der Waals surface area contributed by atoms with Crippen molar-refractivity contribution in [1.29, 1.82) is 0 Å². The fourth-order valence-electron chi connectivity index (χ4n) is 2.36. The van der Waals surface area contributed by atoms with E-state index in [1.54, 1.807) is 12.1 Å². The second-order valence-corrected chi connectivity index (χ2v) is 6.27. The van der Waals surface area contributed by atoms with Gasteiger partial charge in [0.05, 0.1) is 10.5 Å². The maximum Gasteiger partial charge on any atom is 0.280 e. The number of benzene rings is 1. The Hall–Kier alpha value is -1.56. The zero-order valence-corrected chi connectivity index (χ0v) is 12.5. The van der Waals surface area contributed by atoms with Gasteiger partial charge in [-0.15, -0.1) is 0 Å². The Balaban J connectivity index is 2.31. The highest BCUT2D eigenvalue weighted by atomic mass is 32.2. The number of hydrogen-bond acceptors (Lipinski definition) is 5. The third-order valence-corrected chi connectivity index (χ3v) is 4.89. The molecule has 5 nitrogen and oxygen atoms in total. The van der Waals surface area contributed by atoms with Gasteiger partial charge >= 0.3 is 0 Å². The maximum absolute atomic E-state index is 11.6. The molecule has 1 fully saturated rings. The predicted molar refractivity (Wildman–Crippen MR) is 81.9 cm³/mol. The molecule has 1 heterocycles. The Bertz CT molecular complexity index is 533. The zero-order valence-electron chi connectivity index (χ0n) is 11.7. The summed E-state index contributed by atoms with van der Waals surface area (Å²) < 4.78 is 0. The molecule has 0 N–H and O–H groups in total. The lowest BCUT2D eigenvalue weighted by molar-refractivity contribution is -0.385. The van der Waals surface area contributed by atoms with Gasteiger partial charge in [-0.3, -0.25) is 14.9 Å². The van der Waals surface area contributed by atoms with Crippen molar-refractivity contribution in [3.63, 3.8) is 0 Å². The molecule has 20 heavy (non-hydrogen) atoms. The Morgan fingerprint density at radius 1 is 1.55 bits per heavy atom. The number of anilines is 1. The van der Waals surface area contributed by atoms with E-state index < -0.39 is 4.92 Å². The van der Waals surface area contributed by atoms with E-state index in [1.807, 2.05) is 11.8 Å². The molecular formula is C14H18N2O3S. The summed E-state index contributed by atoms with van der Waals surface area (Å²) in [4.78, 5) is 24.3. The number of nitro groups is 1. The molecule has 0 saturated carbocycles. The number of ketones is 1. The summed E-state index contributed by atoms with van der Waals surface area (Å²) in [5.74, 6) is 0.780. The molecule has 1 aliphatic rings. The van der Waals surface area contributed by atoms with Gasteiger partial charge in [0.25, 0.3) is 5.69 Å². The lowest BCUT2D eigenvalue weighted by Gasteiger charge is -2.33. The summed E-state index contributed by atoms with van der Waals surface area (Å²) in [7, 11) is 0. The molecule has 0 aromatic heterocycles. The molecular weight excluding hydrogens is 276 g/mol. The van der Waals surface area contributed by atoms with Crippen LogP contribution in [0.2, 0.25) is 0 Å². The van der Waals surface area contributed by atoms with E-state index in [0.717, 1.165) is 31.0 Å². The molecule has 0 radical (unpaired) electrons. The SMILES string of the molecule is CCC1CN(c2ccc([N+](=O)[O-])c(C(C)=O)c2)CCS1. The van der Waals surface area contributed by atoms with Gasteiger partial charge in [-0.1, -0.05) is 6.92 Å².